The van der Waals surface area contributed by atoms with Gasteiger partial charge in [0.2, 0.25) is 0 Å². The fourth-order valence-electron chi connectivity index (χ4n) is 2.18. The second-order valence-corrected chi connectivity index (χ2v) is 5.35. The first-order valence-electron chi connectivity index (χ1n) is 6.48. The fourth-order valence-corrected chi connectivity index (χ4v) is 2.62. The largest absolute Gasteiger partial charge is 0.872 e. The topological polar surface area (TPSA) is 73.8 Å². The van der Waals surface area contributed by atoms with E-state index in [0.717, 1.165) is 28.8 Å². The van der Waals surface area contributed by atoms with Gasteiger partial charge in [0.05, 0.1) is 12.0 Å². The zero-order chi connectivity index (χ0) is 15.4. The Kier molecular flexibility index (Phi) is 4.45. The second-order valence-electron chi connectivity index (χ2n) is 4.57. The van der Waals surface area contributed by atoms with Crippen LogP contribution in [0.4, 0.5) is 11.4 Å². The first-order valence-corrected chi connectivity index (χ1v) is 7.22. The molecule has 0 atom stereocenters. The Morgan fingerprint density at radius 2 is 1.77 bits per heavy atom. The van der Waals surface area contributed by atoms with Crippen molar-refractivity contribution < 1.29 is 19.7 Å². The Balaban J connectivity index is 1.93. The molecule has 0 bridgehead atoms. The highest BCUT2D eigenvalue weighted by Crippen LogP contribution is 2.32. The molecule has 0 aliphatic rings. The van der Waals surface area contributed by atoms with Crippen LogP contribution in [0.3, 0.4) is 0 Å². The number of anilines is 2. The Labute approximate surface area is 131 Å². The summed E-state index contributed by atoms with van der Waals surface area (Å²) in [4.78, 5) is 0.545. The maximum absolute atomic E-state index is 12.0. The van der Waals surface area contributed by atoms with Crippen molar-refractivity contribution in [1.82, 2.24) is 0 Å². The van der Waals surface area contributed by atoms with Gasteiger partial charge in [0.25, 0.3) is 0 Å². The molecule has 3 aromatic rings. The molecule has 3 aromatic carbocycles. The normalized spacial score (nSPS) is 10.8. The van der Waals surface area contributed by atoms with Crippen LogP contribution in [0.15, 0.2) is 65.6 Å². The minimum Gasteiger partial charge on any atom is -0.872 e. The fraction of sp³-hybridized carbons (Fsp3) is 0. The maximum Gasteiger partial charge on any atom is 0.0714 e. The summed E-state index contributed by atoms with van der Waals surface area (Å²) < 4.78 is 4.37. The van der Waals surface area contributed by atoms with Crippen molar-refractivity contribution in [1.29, 1.82) is 0 Å². The van der Waals surface area contributed by atoms with Crippen molar-refractivity contribution in [2.24, 2.45) is 0 Å². The van der Waals surface area contributed by atoms with Crippen LogP contribution < -0.4 is 10.4 Å². The molecule has 0 aromatic heterocycles. The summed E-state index contributed by atoms with van der Waals surface area (Å²) in [5, 5.41) is 28.4. The van der Waals surface area contributed by atoms with Crippen molar-refractivity contribution in [3.05, 3.63) is 60.7 Å². The van der Waals surface area contributed by atoms with Crippen molar-refractivity contribution >= 4 is 34.2 Å². The molecule has 0 aliphatic carbocycles. The van der Waals surface area contributed by atoms with E-state index < -0.39 is 0 Å². The Bertz CT molecular complexity index is 780. The van der Waals surface area contributed by atoms with Gasteiger partial charge in [-0.2, -0.15) is 0 Å². The average molecular weight is 314 g/mol. The summed E-state index contributed by atoms with van der Waals surface area (Å²) in [6, 6.07) is 18.5. The molecule has 22 heavy (non-hydrogen) atoms. The Morgan fingerprint density at radius 1 is 0.955 bits per heavy atom. The van der Waals surface area contributed by atoms with Crippen molar-refractivity contribution in [3.8, 4) is 5.75 Å². The molecule has 0 aliphatic heterocycles. The van der Waals surface area contributed by atoms with Crippen molar-refractivity contribution in [2.45, 2.75) is 4.90 Å². The van der Waals surface area contributed by atoms with Crippen LogP contribution in [-0.2, 0) is 9.37 Å². The monoisotopic (exact) mass is 314 g/mol. The number of hydrogen-bond donors (Lipinski definition) is 2. The number of para-hydroxylation sites is 1. The molecule has 0 fully saturated rings. The minimum atomic E-state index is -0.118. The summed E-state index contributed by atoms with van der Waals surface area (Å²) in [6.07, 6.45) is 0. The van der Waals surface area contributed by atoms with E-state index in [-0.39, 0.29) is 5.75 Å². The number of fused-ring (bicyclic) bond motifs is 1. The van der Waals surface area contributed by atoms with Crippen LogP contribution in [-0.4, -0.2) is 5.26 Å². The molecule has 3 rings (SSSR count). The lowest BCUT2D eigenvalue weighted by Gasteiger charge is -2.14. The predicted molar refractivity (Wildman–Crippen MR) is 83.8 cm³/mol. The van der Waals surface area contributed by atoms with Crippen LogP contribution >= 0.6 is 12.0 Å². The van der Waals surface area contributed by atoms with E-state index >= 15 is 0 Å². The van der Waals surface area contributed by atoms with E-state index in [0.29, 0.717) is 10.3 Å². The maximum atomic E-state index is 12.0. The summed E-state index contributed by atoms with van der Waals surface area (Å²) >= 11 is 0.767. The third kappa shape index (κ3) is 3.32. The van der Waals surface area contributed by atoms with E-state index in [1.165, 1.54) is 6.07 Å². The molecule has 0 spiro atoms. The summed E-state index contributed by atoms with van der Waals surface area (Å²) in [7, 11) is 0. The van der Waals surface area contributed by atoms with E-state index in [1.807, 2.05) is 42.5 Å². The van der Waals surface area contributed by atoms with Gasteiger partial charge in [-0.05, 0) is 41.1 Å². The summed E-state index contributed by atoms with van der Waals surface area (Å²) in [5.74, 6) is -0.118. The van der Waals surface area contributed by atoms with Gasteiger partial charge < -0.3 is 10.4 Å². The molecule has 0 radical (unpaired) electrons. The number of hydrogen-bond acceptors (Lipinski definition) is 6. The van der Waals surface area contributed by atoms with Gasteiger partial charge in [-0.25, -0.2) is 5.26 Å². The van der Waals surface area contributed by atoms with E-state index in [9.17, 15) is 5.11 Å². The van der Waals surface area contributed by atoms with Gasteiger partial charge in [-0.3, -0.25) is 0 Å². The minimum absolute atomic E-state index is 0.118. The third-order valence-corrected chi connectivity index (χ3v) is 3.67. The van der Waals surface area contributed by atoms with Gasteiger partial charge in [0, 0.05) is 16.3 Å². The van der Waals surface area contributed by atoms with E-state index in [4.69, 9.17) is 5.26 Å². The van der Waals surface area contributed by atoms with Gasteiger partial charge >= 0.3 is 0 Å². The lowest BCUT2D eigenvalue weighted by molar-refractivity contribution is -0.432. The highest BCUT2D eigenvalue weighted by molar-refractivity contribution is 7.94. The van der Waals surface area contributed by atoms with Gasteiger partial charge in [0.1, 0.15) is 0 Å². The second kappa shape index (κ2) is 6.67. The average Bonchev–Trinajstić information content (AvgIpc) is 2.53. The smallest absolute Gasteiger partial charge is 0.0714 e. The Hall–Kier alpha value is -2.25. The molecular formula is C16H12NO4S-. The van der Waals surface area contributed by atoms with Crippen LogP contribution in [0.5, 0.6) is 5.75 Å². The lowest BCUT2D eigenvalue weighted by atomic mass is 10.1. The first kappa shape index (κ1) is 14.7. The quantitative estimate of drug-likeness (QED) is 0.420. The standard InChI is InChI=1S/C16H13NO4S/c18-16-10-14(22-21-20-19)9-11-8-13(6-7-15(11)16)17-12-4-2-1-3-5-12/h1-10,17-19H/p-1. The number of nitrogens with one attached hydrogen (secondary N) is 1. The van der Waals surface area contributed by atoms with Gasteiger partial charge in [0.15, 0.2) is 0 Å². The van der Waals surface area contributed by atoms with Crippen LogP contribution in [0.2, 0.25) is 0 Å². The molecule has 0 saturated heterocycles. The Morgan fingerprint density at radius 3 is 2.55 bits per heavy atom. The molecule has 0 unspecified atom stereocenters. The third-order valence-electron chi connectivity index (χ3n) is 3.11. The molecule has 5 nitrogen and oxygen atoms in total. The van der Waals surface area contributed by atoms with E-state index in [1.54, 1.807) is 12.1 Å². The SMILES string of the molecule is [O-]c1cc(SOOO)cc2cc(Nc3ccccc3)ccc12. The molecule has 0 amide bonds. The van der Waals surface area contributed by atoms with Crippen LogP contribution in [0.25, 0.3) is 10.8 Å². The number of rotatable bonds is 5. The molecular weight excluding hydrogens is 302 g/mol. The van der Waals surface area contributed by atoms with Gasteiger partial charge in [-0.15, -0.1) is 4.33 Å². The summed E-state index contributed by atoms with van der Waals surface area (Å²) in [6.45, 7) is 0. The molecule has 0 heterocycles. The lowest BCUT2D eigenvalue weighted by Crippen LogP contribution is -1.94. The predicted octanol–water partition coefficient (Wildman–Crippen LogP) is 4.09. The van der Waals surface area contributed by atoms with Crippen LogP contribution in [0.1, 0.15) is 0 Å². The highest BCUT2D eigenvalue weighted by Gasteiger charge is 2.03. The molecule has 112 valence electrons. The summed E-state index contributed by atoms with van der Waals surface area (Å²) in [5.41, 5.74) is 1.84. The van der Waals surface area contributed by atoms with E-state index in [2.05, 4.69) is 14.7 Å². The first-order chi connectivity index (χ1) is 10.8. The molecule has 6 heteroatoms. The highest BCUT2D eigenvalue weighted by atomic mass is 32.2. The zero-order valence-corrected chi connectivity index (χ0v) is 12.2. The van der Waals surface area contributed by atoms with Crippen LogP contribution in [0, 0.1) is 0 Å². The number of benzene rings is 3. The molecule has 0 saturated carbocycles. The zero-order valence-electron chi connectivity index (χ0n) is 11.4. The van der Waals surface area contributed by atoms with Crippen molar-refractivity contribution in [3.63, 3.8) is 0 Å². The van der Waals surface area contributed by atoms with Gasteiger partial charge in [-0.1, -0.05) is 41.1 Å². The van der Waals surface area contributed by atoms with Crippen molar-refractivity contribution in [2.75, 3.05) is 5.32 Å². The molecule has 2 N–H and O–H groups in total.